The van der Waals surface area contributed by atoms with E-state index in [2.05, 4.69) is 10.0 Å². The van der Waals surface area contributed by atoms with E-state index in [1.54, 1.807) is 6.92 Å². The van der Waals surface area contributed by atoms with Crippen LogP contribution in [0.2, 0.25) is 0 Å². The number of fused-ring (bicyclic) bond motifs is 2. The van der Waals surface area contributed by atoms with Crippen molar-refractivity contribution in [1.29, 1.82) is 0 Å². The maximum Gasteiger partial charge on any atom is 0.407 e. The van der Waals surface area contributed by atoms with Crippen molar-refractivity contribution in [3.63, 3.8) is 0 Å². The molecular weight excluding hydrogens is 679 g/mol. The van der Waals surface area contributed by atoms with Gasteiger partial charge in [0.15, 0.2) is 17.8 Å². The Labute approximate surface area is 288 Å². The van der Waals surface area contributed by atoms with E-state index in [-0.39, 0.29) is 61.8 Å². The number of ether oxygens (including phenoxy) is 5. The third-order valence-electron chi connectivity index (χ3n) is 8.88. The van der Waals surface area contributed by atoms with Crippen molar-refractivity contribution in [2.45, 2.75) is 75.9 Å². The van der Waals surface area contributed by atoms with Crippen molar-refractivity contribution in [2.75, 3.05) is 45.4 Å². The lowest BCUT2D eigenvalue weighted by atomic mass is 9.89. The molecule has 3 N–H and O–H groups in total. The maximum absolute atomic E-state index is 14.3. The lowest BCUT2D eigenvalue weighted by Crippen LogP contribution is -2.52. The summed E-state index contributed by atoms with van der Waals surface area (Å²) in [6.07, 6.45) is -1.40. The van der Waals surface area contributed by atoms with E-state index in [1.165, 1.54) is 22.5 Å². The smallest absolute Gasteiger partial charge is 0.407 e. The van der Waals surface area contributed by atoms with Gasteiger partial charge in [-0.2, -0.15) is 4.31 Å². The topological polar surface area (TPSA) is 179 Å². The van der Waals surface area contributed by atoms with Gasteiger partial charge in [0.25, 0.3) is 0 Å². The SMILES string of the molecule is CCCS(=O)(=O)NCCC(C)(C)CN(C[C@@H](O)[C@H](Cc1ccccc1)NC(=O)O[C@H]1CO[C@H]2OCC[C@H]21)S(=O)(=O)c1ccc2c(c1)OCO2. The van der Waals surface area contributed by atoms with Crippen LogP contribution in [0.25, 0.3) is 0 Å². The minimum atomic E-state index is -4.25. The van der Waals surface area contributed by atoms with E-state index in [0.29, 0.717) is 31.6 Å². The van der Waals surface area contributed by atoms with Gasteiger partial charge >= 0.3 is 6.09 Å². The minimum Gasteiger partial charge on any atom is -0.454 e. The van der Waals surface area contributed by atoms with Crippen molar-refractivity contribution in [3.8, 4) is 11.5 Å². The number of aliphatic hydroxyl groups excluding tert-OH is 1. The standard InChI is InChI=1S/C33H47N3O11S2/c1-4-16-48(39,40)34-14-13-33(2,3)21-36(49(41,42)24-10-11-28-29(18-24)46-22-45-28)19-27(37)26(17-23-8-6-5-7-9-23)35-32(38)47-30-20-44-31-25(30)12-15-43-31/h5-11,18,25-27,30-31,34,37H,4,12-17,19-22H2,1-3H3,(H,35,38)/t25-,26-,27+,30-,31+/m0/s1. The van der Waals surface area contributed by atoms with Crippen molar-refractivity contribution in [1.82, 2.24) is 14.3 Å². The van der Waals surface area contributed by atoms with E-state index < -0.39 is 56.1 Å². The lowest BCUT2D eigenvalue weighted by Gasteiger charge is -2.35. The highest BCUT2D eigenvalue weighted by atomic mass is 32.2. The number of rotatable bonds is 17. The number of carbonyl (C=O) groups is 1. The first-order valence-corrected chi connectivity index (χ1v) is 19.6. The van der Waals surface area contributed by atoms with Gasteiger partial charge in [-0.3, -0.25) is 0 Å². The van der Waals surface area contributed by atoms with E-state index >= 15 is 0 Å². The molecule has 2 saturated heterocycles. The molecule has 0 spiro atoms. The summed E-state index contributed by atoms with van der Waals surface area (Å²) in [5.41, 5.74) is 0.0757. The van der Waals surface area contributed by atoms with Gasteiger partial charge < -0.3 is 34.1 Å². The van der Waals surface area contributed by atoms with Crippen molar-refractivity contribution < 1.29 is 50.4 Å². The molecule has 0 radical (unpaired) electrons. The molecule has 0 aliphatic carbocycles. The second kappa shape index (κ2) is 15.9. The fourth-order valence-corrected chi connectivity index (χ4v) is 8.99. The normalized spacial score (nSPS) is 21.8. The zero-order valence-electron chi connectivity index (χ0n) is 28.1. The van der Waals surface area contributed by atoms with Gasteiger partial charge in [0.2, 0.25) is 26.8 Å². The summed E-state index contributed by atoms with van der Waals surface area (Å²) in [4.78, 5) is 13.2. The molecule has 272 valence electrons. The number of carbonyl (C=O) groups excluding carboxylic acids is 1. The Bertz CT molecular complexity index is 1640. The summed E-state index contributed by atoms with van der Waals surface area (Å²) < 4.78 is 84.5. The summed E-state index contributed by atoms with van der Waals surface area (Å²) in [6, 6.07) is 12.6. The van der Waals surface area contributed by atoms with Crippen LogP contribution in [0.5, 0.6) is 11.5 Å². The number of nitrogens with one attached hydrogen (secondary N) is 2. The highest BCUT2D eigenvalue weighted by molar-refractivity contribution is 7.89. The molecule has 3 heterocycles. The summed E-state index contributed by atoms with van der Waals surface area (Å²) in [5, 5.41) is 14.5. The van der Waals surface area contributed by atoms with Gasteiger partial charge in [0, 0.05) is 25.7 Å². The first-order valence-electron chi connectivity index (χ1n) is 16.6. The molecule has 2 aromatic carbocycles. The molecule has 5 rings (SSSR count). The van der Waals surface area contributed by atoms with Crippen molar-refractivity contribution >= 4 is 26.1 Å². The molecule has 49 heavy (non-hydrogen) atoms. The predicted octanol–water partition coefficient (Wildman–Crippen LogP) is 2.61. The molecule has 0 saturated carbocycles. The van der Waals surface area contributed by atoms with E-state index in [9.17, 15) is 26.7 Å². The number of hydrogen-bond acceptors (Lipinski definition) is 11. The second-order valence-corrected chi connectivity index (χ2v) is 17.3. The second-order valence-electron chi connectivity index (χ2n) is 13.4. The van der Waals surface area contributed by atoms with Crippen LogP contribution < -0.4 is 19.5 Å². The zero-order valence-corrected chi connectivity index (χ0v) is 29.7. The van der Waals surface area contributed by atoms with Gasteiger partial charge in [-0.25, -0.2) is 26.4 Å². The molecular formula is C33H47N3O11S2. The Morgan fingerprint density at radius 2 is 1.84 bits per heavy atom. The van der Waals surface area contributed by atoms with Crippen LogP contribution in [-0.4, -0.2) is 102 Å². The first kappa shape index (κ1) is 37.3. The average molecular weight is 726 g/mol. The van der Waals surface area contributed by atoms with E-state index in [4.69, 9.17) is 23.7 Å². The highest BCUT2D eigenvalue weighted by Crippen LogP contribution is 2.36. The van der Waals surface area contributed by atoms with Crippen LogP contribution in [0.4, 0.5) is 4.79 Å². The molecule has 2 fully saturated rings. The molecule has 3 aliphatic rings. The summed E-state index contributed by atoms with van der Waals surface area (Å²) >= 11 is 0. The van der Waals surface area contributed by atoms with Gasteiger partial charge in [-0.15, -0.1) is 0 Å². The van der Waals surface area contributed by atoms with Gasteiger partial charge in [-0.1, -0.05) is 51.1 Å². The number of sulfonamides is 2. The quantitative estimate of drug-likeness (QED) is 0.218. The third kappa shape index (κ3) is 9.84. The van der Waals surface area contributed by atoms with Crippen LogP contribution in [0, 0.1) is 11.3 Å². The summed E-state index contributed by atoms with van der Waals surface area (Å²) in [7, 11) is -7.71. The van der Waals surface area contributed by atoms with Crippen molar-refractivity contribution in [3.05, 3.63) is 54.1 Å². The third-order valence-corrected chi connectivity index (χ3v) is 12.3. The molecule has 2 aromatic rings. The van der Waals surface area contributed by atoms with E-state index in [1.807, 2.05) is 44.2 Å². The van der Waals surface area contributed by atoms with Gasteiger partial charge in [-0.05, 0) is 48.8 Å². The molecule has 14 nitrogen and oxygen atoms in total. The van der Waals surface area contributed by atoms with E-state index in [0.717, 1.165) is 5.56 Å². The zero-order chi connectivity index (χ0) is 35.2. The molecule has 0 unspecified atom stereocenters. The van der Waals surface area contributed by atoms with Crippen molar-refractivity contribution in [2.24, 2.45) is 11.3 Å². The molecule has 5 atom stereocenters. The number of amides is 1. The van der Waals surface area contributed by atoms with Crippen LogP contribution >= 0.6 is 0 Å². The number of aliphatic hydroxyl groups is 1. The predicted molar refractivity (Wildman–Crippen MR) is 179 cm³/mol. The largest absolute Gasteiger partial charge is 0.454 e. The van der Waals surface area contributed by atoms with Crippen LogP contribution in [-0.2, 0) is 40.7 Å². The number of hydrogen-bond donors (Lipinski definition) is 3. The highest BCUT2D eigenvalue weighted by Gasteiger charge is 2.44. The molecule has 0 aromatic heterocycles. The van der Waals surface area contributed by atoms with Gasteiger partial charge in [0.05, 0.1) is 41.9 Å². The van der Waals surface area contributed by atoms with Crippen LogP contribution in [0.1, 0.15) is 45.6 Å². The lowest BCUT2D eigenvalue weighted by molar-refractivity contribution is -0.0907. The fraction of sp³-hybridized carbons (Fsp3) is 0.606. The number of benzene rings is 2. The molecule has 3 aliphatic heterocycles. The molecule has 16 heteroatoms. The van der Waals surface area contributed by atoms with Crippen LogP contribution in [0.3, 0.4) is 0 Å². The Kier molecular flexibility index (Phi) is 12.1. The minimum absolute atomic E-state index is 0.00867. The summed E-state index contributed by atoms with van der Waals surface area (Å²) in [5.74, 6) is 0.604. The monoisotopic (exact) mass is 725 g/mol. The Morgan fingerprint density at radius 3 is 2.59 bits per heavy atom. The Morgan fingerprint density at radius 1 is 1.08 bits per heavy atom. The Balaban J connectivity index is 1.37. The first-order chi connectivity index (χ1) is 23.3. The fourth-order valence-electron chi connectivity index (χ4n) is 6.23. The number of nitrogens with zero attached hydrogens (tertiary/aromatic N) is 1. The molecule has 1 amide bonds. The number of alkyl carbamates (subject to hydrolysis) is 1. The maximum atomic E-state index is 14.3. The van der Waals surface area contributed by atoms with Gasteiger partial charge in [0.1, 0.15) is 6.10 Å². The average Bonchev–Trinajstić information content (AvgIpc) is 3.79. The van der Waals surface area contributed by atoms with Crippen LogP contribution in [0.15, 0.2) is 53.4 Å². The molecule has 0 bridgehead atoms. The Hall–Kier alpha value is -2.99. The summed E-state index contributed by atoms with van der Waals surface area (Å²) in [6.45, 7) is 5.76.